The third-order valence-electron chi connectivity index (χ3n) is 4.22. The summed E-state index contributed by atoms with van der Waals surface area (Å²) in [5, 5.41) is 6.00. The zero-order valence-corrected chi connectivity index (χ0v) is 17.1. The fourth-order valence-electron chi connectivity index (χ4n) is 2.74. The van der Waals surface area contributed by atoms with Crippen LogP contribution in [0.5, 0.6) is 5.75 Å². The lowest BCUT2D eigenvalue weighted by Crippen LogP contribution is -2.15. The van der Waals surface area contributed by atoms with Gasteiger partial charge >= 0.3 is 0 Å². The first-order chi connectivity index (χ1) is 13.9. The molecular weight excluding hydrogens is 364 g/mol. The minimum Gasteiger partial charge on any atom is -0.489 e. The molecule has 6 heteroatoms. The number of rotatable bonds is 7. The molecule has 1 heterocycles. The molecule has 150 valence electrons. The van der Waals surface area contributed by atoms with E-state index in [0.717, 1.165) is 11.4 Å². The first kappa shape index (κ1) is 20.3. The minimum atomic E-state index is -0.292. The van der Waals surface area contributed by atoms with Crippen molar-refractivity contribution in [3.63, 3.8) is 0 Å². The van der Waals surface area contributed by atoms with Crippen molar-refractivity contribution >= 4 is 23.2 Å². The molecule has 0 fully saturated rings. The molecular formula is C23H26N4O2. The fourth-order valence-corrected chi connectivity index (χ4v) is 2.74. The Bertz CT molecular complexity index is 969. The van der Waals surface area contributed by atoms with E-state index in [4.69, 9.17) is 4.74 Å². The van der Waals surface area contributed by atoms with Crippen molar-refractivity contribution in [3.05, 3.63) is 72.1 Å². The predicted molar refractivity (Wildman–Crippen MR) is 116 cm³/mol. The monoisotopic (exact) mass is 390 g/mol. The second-order valence-corrected chi connectivity index (χ2v) is 7.28. The van der Waals surface area contributed by atoms with Crippen molar-refractivity contribution in [2.45, 2.75) is 39.7 Å². The number of carbonyl (C=O) groups is 1. The molecule has 1 aromatic heterocycles. The Balaban J connectivity index is 1.73. The number of nitrogens with zero attached hydrogens (tertiary/aromatic N) is 2. The van der Waals surface area contributed by atoms with E-state index in [9.17, 15) is 4.79 Å². The largest absolute Gasteiger partial charge is 0.489 e. The van der Waals surface area contributed by atoms with Gasteiger partial charge in [0.1, 0.15) is 11.4 Å². The van der Waals surface area contributed by atoms with E-state index in [2.05, 4.69) is 34.4 Å². The number of carbonyl (C=O) groups excluding carboxylic acids is 1. The van der Waals surface area contributed by atoms with E-state index in [0.29, 0.717) is 17.6 Å². The summed E-state index contributed by atoms with van der Waals surface area (Å²) in [6.07, 6.45) is 1.59. The molecule has 0 saturated heterocycles. The minimum absolute atomic E-state index is 0.0399. The molecule has 0 spiro atoms. The van der Waals surface area contributed by atoms with Gasteiger partial charge in [-0.05, 0) is 55.7 Å². The van der Waals surface area contributed by atoms with Crippen molar-refractivity contribution in [2.24, 2.45) is 0 Å². The van der Waals surface area contributed by atoms with Gasteiger partial charge < -0.3 is 15.4 Å². The third kappa shape index (κ3) is 5.54. The van der Waals surface area contributed by atoms with Crippen molar-refractivity contribution in [1.82, 2.24) is 9.97 Å². The molecule has 0 unspecified atom stereocenters. The molecule has 6 nitrogen and oxygen atoms in total. The lowest BCUT2D eigenvalue weighted by molar-refractivity contribution is 0.102. The van der Waals surface area contributed by atoms with Crippen LogP contribution in [0.2, 0.25) is 0 Å². The van der Waals surface area contributed by atoms with Crippen molar-refractivity contribution in [1.29, 1.82) is 0 Å². The van der Waals surface area contributed by atoms with Gasteiger partial charge in [-0.1, -0.05) is 38.1 Å². The fraction of sp³-hybridized carbons (Fsp3) is 0.261. The molecule has 0 aliphatic heterocycles. The molecule has 2 N–H and O–H groups in total. The lowest BCUT2D eigenvalue weighted by Gasteiger charge is -2.15. The van der Waals surface area contributed by atoms with Crippen LogP contribution in [0, 0.1) is 0 Å². The van der Waals surface area contributed by atoms with E-state index in [1.54, 1.807) is 12.3 Å². The Morgan fingerprint density at radius 2 is 1.69 bits per heavy atom. The van der Waals surface area contributed by atoms with Crippen LogP contribution in [0.4, 0.5) is 17.3 Å². The van der Waals surface area contributed by atoms with Gasteiger partial charge in [0.25, 0.3) is 5.91 Å². The quantitative estimate of drug-likeness (QED) is 0.566. The maximum atomic E-state index is 12.6. The maximum Gasteiger partial charge on any atom is 0.274 e. The number of hydrogen-bond acceptors (Lipinski definition) is 5. The highest BCUT2D eigenvalue weighted by Crippen LogP contribution is 2.27. The number of aromatic nitrogens is 2. The van der Waals surface area contributed by atoms with E-state index in [1.165, 1.54) is 5.56 Å². The van der Waals surface area contributed by atoms with E-state index < -0.39 is 0 Å². The Kier molecular flexibility index (Phi) is 6.44. The summed E-state index contributed by atoms with van der Waals surface area (Å²) in [6, 6.07) is 17.0. The van der Waals surface area contributed by atoms with Crippen LogP contribution in [-0.2, 0) is 0 Å². The van der Waals surface area contributed by atoms with Crippen molar-refractivity contribution < 1.29 is 9.53 Å². The average molecular weight is 390 g/mol. The van der Waals surface area contributed by atoms with Gasteiger partial charge in [0.15, 0.2) is 0 Å². The van der Waals surface area contributed by atoms with Gasteiger partial charge in [-0.25, -0.2) is 9.97 Å². The molecule has 0 saturated carbocycles. The topological polar surface area (TPSA) is 76.1 Å². The summed E-state index contributed by atoms with van der Waals surface area (Å²) in [7, 11) is 0. The summed E-state index contributed by atoms with van der Waals surface area (Å²) in [5.41, 5.74) is 2.96. The molecule has 1 amide bonds. The Morgan fingerprint density at radius 1 is 0.966 bits per heavy atom. The number of nitrogens with one attached hydrogen (secondary N) is 2. The standard InChI is InChI=1S/C23H26N4O2/c1-15(2)17-9-11-18(12-10-17)25-22(28)20-13-14-24-23(27-20)26-19-7-5-6-8-21(19)29-16(3)4/h5-16H,1-4H3,(H,25,28)(H,24,26,27). The van der Waals surface area contributed by atoms with Gasteiger partial charge in [-0.3, -0.25) is 4.79 Å². The normalized spacial score (nSPS) is 10.8. The van der Waals surface area contributed by atoms with Crippen LogP contribution in [0.3, 0.4) is 0 Å². The Labute approximate surface area is 171 Å². The van der Waals surface area contributed by atoms with Gasteiger partial charge in [0.05, 0.1) is 11.8 Å². The first-order valence-corrected chi connectivity index (χ1v) is 9.69. The molecule has 3 aromatic rings. The molecule has 2 aromatic carbocycles. The van der Waals surface area contributed by atoms with Gasteiger partial charge in [0, 0.05) is 11.9 Å². The maximum absolute atomic E-state index is 12.6. The number of hydrogen-bond donors (Lipinski definition) is 2. The molecule has 0 radical (unpaired) electrons. The summed E-state index contributed by atoms with van der Waals surface area (Å²) >= 11 is 0. The molecule has 0 bridgehead atoms. The van der Waals surface area contributed by atoms with Crippen LogP contribution < -0.4 is 15.4 Å². The average Bonchev–Trinajstić information content (AvgIpc) is 2.70. The second kappa shape index (κ2) is 9.19. The van der Waals surface area contributed by atoms with E-state index in [1.807, 2.05) is 62.4 Å². The SMILES string of the molecule is CC(C)Oc1ccccc1Nc1nccc(C(=O)Nc2ccc(C(C)C)cc2)n1. The second-order valence-electron chi connectivity index (χ2n) is 7.28. The Morgan fingerprint density at radius 3 is 2.38 bits per heavy atom. The van der Waals surface area contributed by atoms with Crippen LogP contribution >= 0.6 is 0 Å². The molecule has 0 aliphatic rings. The smallest absolute Gasteiger partial charge is 0.274 e. The summed E-state index contributed by atoms with van der Waals surface area (Å²) in [6.45, 7) is 8.19. The number of ether oxygens (including phenoxy) is 1. The zero-order valence-electron chi connectivity index (χ0n) is 17.1. The summed E-state index contributed by atoms with van der Waals surface area (Å²) in [5.74, 6) is 1.18. The predicted octanol–water partition coefficient (Wildman–Crippen LogP) is 5.38. The number of benzene rings is 2. The van der Waals surface area contributed by atoms with E-state index in [-0.39, 0.29) is 17.7 Å². The van der Waals surface area contributed by atoms with Gasteiger partial charge in [0.2, 0.25) is 5.95 Å². The number of anilines is 3. The summed E-state index contributed by atoms with van der Waals surface area (Å²) in [4.78, 5) is 21.2. The van der Waals surface area contributed by atoms with Crippen LogP contribution in [-0.4, -0.2) is 22.0 Å². The van der Waals surface area contributed by atoms with Crippen LogP contribution in [0.25, 0.3) is 0 Å². The van der Waals surface area contributed by atoms with E-state index >= 15 is 0 Å². The summed E-state index contributed by atoms with van der Waals surface area (Å²) < 4.78 is 5.80. The zero-order chi connectivity index (χ0) is 20.8. The molecule has 29 heavy (non-hydrogen) atoms. The van der Waals surface area contributed by atoms with Crippen LogP contribution in [0.15, 0.2) is 60.8 Å². The highest BCUT2D eigenvalue weighted by Gasteiger charge is 2.12. The van der Waals surface area contributed by atoms with Crippen LogP contribution in [0.1, 0.15) is 49.7 Å². The first-order valence-electron chi connectivity index (χ1n) is 9.69. The lowest BCUT2D eigenvalue weighted by atomic mass is 10.0. The van der Waals surface area contributed by atoms with Gasteiger partial charge in [-0.15, -0.1) is 0 Å². The Hall–Kier alpha value is -3.41. The third-order valence-corrected chi connectivity index (χ3v) is 4.22. The van der Waals surface area contributed by atoms with Crippen molar-refractivity contribution in [3.8, 4) is 5.75 Å². The number of amides is 1. The molecule has 0 aliphatic carbocycles. The highest BCUT2D eigenvalue weighted by atomic mass is 16.5. The number of para-hydroxylation sites is 2. The molecule has 3 rings (SSSR count). The van der Waals surface area contributed by atoms with Gasteiger partial charge in [-0.2, -0.15) is 0 Å². The van der Waals surface area contributed by atoms with Crippen molar-refractivity contribution in [2.75, 3.05) is 10.6 Å². The molecule has 0 atom stereocenters. The highest BCUT2D eigenvalue weighted by molar-refractivity contribution is 6.03.